The Bertz CT molecular complexity index is 260. The zero-order valence-corrected chi connectivity index (χ0v) is 20.1. The summed E-state index contributed by atoms with van der Waals surface area (Å²) in [5.41, 5.74) is 4.93. The Morgan fingerprint density at radius 2 is 1.22 bits per heavy atom. The number of nitrogens with two attached hydrogens (primary N) is 1. The molecule has 23 heavy (non-hydrogen) atoms. The number of carbonyl (C=O) groups is 1. The minimum absolute atomic E-state index is 0. The van der Waals surface area contributed by atoms with Gasteiger partial charge in [-0.1, -0.05) is 0 Å². The first-order valence-electron chi connectivity index (χ1n) is 3.04. The molecule has 0 unspecified atom stereocenters. The van der Waals surface area contributed by atoms with Crippen molar-refractivity contribution in [3.8, 4) is 0 Å². The number of carboxylic acids is 1. The maximum atomic E-state index is 9.92. The number of nitrogens with one attached hydrogen (secondary N) is 1. The molecule has 0 aliphatic carbocycles. The van der Waals surface area contributed by atoms with Gasteiger partial charge in [-0.25, -0.2) is 0 Å². The molecular weight excluding hydrogens is 382 g/mol. The summed E-state index contributed by atoms with van der Waals surface area (Å²) in [6, 6.07) is 0. The number of aliphatic carboxylic acids is 1. The van der Waals surface area contributed by atoms with E-state index in [9.17, 15) is 4.79 Å². The minimum atomic E-state index is -5.39. The van der Waals surface area contributed by atoms with Crippen molar-refractivity contribution in [3.05, 3.63) is 0 Å². The van der Waals surface area contributed by atoms with Crippen molar-refractivity contribution in [3.63, 3.8) is 0 Å². The van der Waals surface area contributed by atoms with E-state index in [0.29, 0.717) is 0 Å². The molecule has 0 radical (unpaired) electrons. The number of phosphoric acid groups is 1. The van der Waals surface area contributed by atoms with Gasteiger partial charge in [0.05, 0.1) is 0 Å². The van der Waals surface area contributed by atoms with Gasteiger partial charge in [0.2, 0.25) is 0 Å². The molecule has 0 fully saturated rings. The molecule has 0 saturated heterocycles. The number of hydrogen-bond donors (Lipinski definition) is 3. The number of nitrogens with zero attached hydrogens (tertiary/aromatic N) is 1. The molecule has 132 valence electrons. The first-order chi connectivity index (χ1) is 6.04. The maximum Gasteiger partial charge on any atom is 1.00 e. The fourth-order valence-corrected chi connectivity index (χ4v) is 0.288. The van der Waals surface area contributed by atoms with Crippen LogP contribution in [0.25, 0.3) is 0 Å². The van der Waals surface area contributed by atoms with Gasteiger partial charge in [0.25, 0.3) is 0 Å². The number of rotatable bonds is 2. The average Bonchev–Trinajstić information content (AvgIpc) is 1.80. The normalized spacial score (nSPS) is 5.91. The molecule has 0 saturated carbocycles. The molecule has 0 rings (SSSR count). The van der Waals surface area contributed by atoms with Gasteiger partial charge < -0.3 is 67.8 Å². The summed E-state index contributed by atoms with van der Waals surface area (Å²) in [5.74, 6) is -1.23. The van der Waals surface area contributed by atoms with Gasteiger partial charge in [0.15, 0.2) is 5.96 Å². The van der Waals surface area contributed by atoms with Crippen LogP contribution in [-0.2, 0) is 9.36 Å². The van der Waals surface area contributed by atoms with Crippen LogP contribution in [0.1, 0.15) is 0 Å². The van der Waals surface area contributed by atoms with Crippen LogP contribution in [0, 0.1) is 5.41 Å². The van der Waals surface area contributed by atoms with Crippen LogP contribution in [0.4, 0.5) is 0 Å². The van der Waals surface area contributed by atoms with Crippen LogP contribution >= 0.6 is 7.82 Å². The second-order valence-corrected chi connectivity index (χ2v) is 2.98. The first-order valence-corrected chi connectivity index (χ1v) is 4.50. The number of likely N-dealkylation sites (N-methyl/N-ethyl adjacent to an activating group) is 1. The Kier molecular flexibility index (Phi) is 125. The SMILES string of the molecule is CN(CC(=O)O)C(=N)N.O.O.O.O.O.O.O=P([O-])([O-])[O-].[Na+].[Na+].[Na+]. The molecule has 0 amide bonds. The van der Waals surface area contributed by atoms with Gasteiger partial charge in [-0.05, 0) is 0 Å². The predicted molar refractivity (Wildman–Crippen MR) is 61.5 cm³/mol. The van der Waals surface area contributed by atoms with Crippen LogP contribution < -0.4 is 109 Å². The quantitative estimate of drug-likeness (QED) is 0.171. The van der Waals surface area contributed by atoms with Crippen LogP contribution in [-0.4, -0.2) is 68.4 Å². The topological polar surface area (TPSA) is 366 Å². The van der Waals surface area contributed by atoms with E-state index in [0.717, 1.165) is 4.90 Å². The summed E-state index contributed by atoms with van der Waals surface area (Å²) in [7, 11) is -3.95. The van der Waals surface area contributed by atoms with Crippen molar-refractivity contribution in [2.75, 3.05) is 13.6 Å². The molecule has 0 aromatic rings. The summed E-state index contributed by atoms with van der Waals surface area (Å²) in [5, 5.41) is 14.9. The Balaban J connectivity index is -0.0000000106. The van der Waals surface area contributed by atoms with Gasteiger partial charge in [-0.15, -0.1) is 0 Å². The monoisotopic (exact) mass is 403 g/mol. The third-order valence-corrected chi connectivity index (χ3v) is 0.784. The van der Waals surface area contributed by atoms with Gasteiger partial charge in [0, 0.05) is 7.05 Å². The predicted octanol–water partition coefficient (Wildman–Crippen LogP) is -17.9. The zero-order chi connectivity index (χ0) is 11.9. The Morgan fingerprint density at radius 3 is 1.26 bits per heavy atom. The largest absolute Gasteiger partial charge is 1.00 e. The molecule has 0 heterocycles. The van der Waals surface area contributed by atoms with E-state index in [4.69, 9.17) is 35.5 Å². The van der Waals surface area contributed by atoms with Crippen LogP contribution in [0.2, 0.25) is 0 Å². The second-order valence-electron chi connectivity index (χ2n) is 2.08. The van der Waals surface area contributed by atoms with Gasteiger partial charge in [-0.3, -0.25) is 10.2 Å². The molecule has 0 aromatic heterocycles. The molecule has 0 aliphatic heterocycles. The van der Waals surface area contributed by atoms with E-state index in [1.54, 1.807) is 0 Å². The van der Waals surface area contributed by atoms with Crippen molar-refractivity contribution >= 4 is 19.8 Å². The smallest absolute Gasteiger partial charge is 0.822 e. The number of hydrogen-bond acceptors (Lipinski definition) is 6. The molecule has 0 spiro atoms. The Morgan fingerprint density at radius 1 is 1.04 bits per heavy atom. The second kappa shape index (κ2) is 38.9. The molecule has 15 nitrogen and oxygen atoms in total. The summed E-state index contributed by atoms with van der Waals surface area (Å²) < 4.78 is 8.55. The van der Waals surface area contributed by atoms with Gasteiger partial charge in [-0.2, -0.15) is 7.82 Å². The third-order valence-electron chi connectivity index (χ3n) is 0.784. The summed E-state index contributed by atoms with van der Waals surface area (Å²) in [6.07, 6.45) is 0. The maximum absolute atomic E-state index is 9.92. The Labute approximate surface area is 198 Å². The molecule has 0 bridgehead atoms. The van der Waals surface area contributed by atoms with E-state index in [2.05, 4.69) is 0 Å². The molecule has 0 aliphatic rings. The summed E-state index contributed by atoms with van der Waals surface area (Å²) in [4.78, 5) is 36.7. The molecule has 0 atom stereocenters. The van der Waals surface area contributed by atoms with Crippen molar-refractivity contribution in [1.82, 2.24) is 4.90 Å². The van der Waals surface area contributed by atoms with Crippen molar-refractivity contribution in [1.29, 1.82) is 5.41 Å². The van der Waals surface area contributed by atoms with E-state index in [-0.39, 0.29) is 134 Å². The standard InChI is InChI=1S/C4H9N3O2.3Na.H3O4P.6H2O/c1-7(4(5)6)2-3(8)9;;;;1-5(2,3)4;;;;;;/h2H2,1H3,(H3,5,6)(H,8,9);;;;(H3,1,2,3,4);6*1H2/q;3*+1;;;;;;;/p-3. The minimum Gasteiger partial charge on any atom is -0.822 e. The van der Waals surface area contributed by atoms with Crippen LogP contribution in [0.5, 0.6) is 0 Å². The number of guanidine groups is 1. The van der Waals surface area contributed by atoms with E-state index < -0.39 is 13.8 Å². The number of carboxylic acid groups (broad SMARTS) is 1. The van der Waals surface area contributed by atoms with Crippen LogP contribution in [0.15, 0.2) is 0 Å². The van der Waals surface area contributed by atoms with Gasteiger partial charge in [0.1, 0.15) is 6.54 Å². The molecular formula is C4H21N3Na3O12P. The van der Waals surface area contributed by atoms with Crippen molar-refractivity contribution in [2.45, 2.75) is 0 Å². The fourth-order valence-electron chi connectivity index (χ4n) is 0.288. The van der Waals surface area contributed by atoms with Gasteiger partial charge >= 0.3 is 94.6 Å². The average molecular weight is 403 g/mol. The van der Waals surface area contributed by atoms with E-state index >= 15 is 0 Å². The fraction of sp³-hybridized carbons (Fsp3) is 0.500. The van der Waals surface area contributed by atoms with E-state index in [1.807, 2.05) is 0 Å². The first kappa shape index (κ1) is 74.1. The van der Waals surface area contributed by atoms with E-state index in [1.165, 1.54) is 7.05 Å². The zero-order valence-electron chi connectivity index (χ0n) is 13.2. The summed E-state index contributed by atoms with van der Waals surface area (Å²) in [6.45, 7) is -0.227. The van der Waals surface area contributed by atoms with Crippen molar-refractivity contribution < 1.29 is 151 Å². The van der Waals surface area contributed by atoms with Crippen LogP contribution in [0.3, 0.4) is 0 Å². The Hall–Kier alpha value is 1.61. The molecule has 16 N–H and O–H groups in total. The van der Waals surface area contributed by atoms with Crippen molar-refractivity contribution in [2.24, 2.45) is 5.73 Å². The third kappa shape index (κ3) is 119. The summed E-state index contributed by atoms with van der Waals surface area (Å²) >= 11 is 0. The molecule has 0 aromatic carbocycles. The molecule has 19 heteroatoms.